The second-order valence-electron chi connectivity index (χ2n) is 22.9. The van der Waals surface area contributed by atoms with Crippen molar-refractivity contribution in [3.63, 3.8) is 0 Å². The number of ether oxygens (including phenoxy) is 6. The maximum atomic E-state index is 12.5. The Hall–Kier alpha value is -1.92. The molecule has 376 valence electrons. The van der Waals surface area contributed by atoms with Gasteiger partial charge in [-0.3, -0.25) is 0 Å². The number of carboxylic acids is 2. The van der Waals surface area contributed by atoms with Crippen molar-refractivity contribution in [2.45, 2.75) is 211 Å². The molecule has 0 aromatic heterocycles. The number of rotatable bonds is 9. The summed E-state index contributed by atoms with van der Waals surface area (Å²) in [5.41, 5.74) is 0.0535. The van der Waals surface area contributed by atoms with Crippen molar-refractivity contribution in [3.05, 3.63) is 11.6 Å². The molecule has 19 nitrogen and oxygen atoms in total. The number of fused-ring (bicyclic) bond motifs is 7. The molecule has 0 unspecified atom stereocenters. The van der Waals surface area contributed by atoms with Crippen molar-refractivity contribution in [2.24, 2.45) is 50.7 Å². The summed E-state index contributed by atoms with van der Waals surface area (Å²) in [7, 11) is 0. The van der Waals surface area contributed by atoms with Crippen LogP contribution in [0.5, 0.6) is 0 Å². The van der Waals surface area contributed by atoms with Gasteiger partial charge in [0.25, 0.3) is 0 Å². The Bertz CT molecular complexity index is 1850. The van der Waals surface area contributed by atoms with Crippen LogP contribution in [0.2, 0.25) is 0 Å². The molecule has 0 amide bonds. The minimum atomic E-state index is -2.15. The minimum Gasteiger partial charge on any atom is -0.479 e. The Morgan fingerprint density at radius 2 is 1.23 bits per heavy atom. The van der Waals surface area contributed by atoms with Gasteiger partial charge in [0, 0.05) is 5.41 Å². The van der Waals surface area contributed by atoms with Crippen LogP contribution in [0.15, 0.2) is 11.6 Å². The fourth-order valence-corrected chi connectivity index (χ4v) is 15.0. The average molecular weight is 943 g/mol. The average Bonchev–Trinajstić information content (AvgIpc) is 3.24. The van der Waals surface area contributed by atoms with Gasteiger partial charge < -0.3 is 84.6 Å². The molecule has 0 aromatic carbocycles. The predicted octanol–water partition coefficient (Wildman–Crippen LogP) is 0.407. The van der Waals surface area contributed by atoms with E-state index < -0.39 is 116 Å². The smallest absolute Gasteiger partial charge is 0.335 e. The maximum absolute atomic E-state index is 12.5. The third-order valence-electron chi connectivity index (χ3n) is 18.8. The van der Waals surface area contributed by atoms with E-state index >= 15 is 0 Å². The molecule has 0 bridgehead atoms. The lowest BCUT2D eigenvalue weighted by Crippen LogP contribution is -2.68. The third kappa shape index (κ3) is 7.91. The molecule has 25 atom stereocenters. The summed E-state index contributed by atoms with van der Waals surface area (Å²) in [5, 5.41) is 119. The molecule has 8 aliphatic rings. The van der Waals surface area contributed by atoms with E-state index in [2.05, 4.69) is 40.7 Å². The van der Waals surface area contributed by atoms with Crippen LogP contribution >= 0.6 is 0 Å². The molecule has 0 aromatic rings. The van der Waals surface area contributed by atoms with E-state index in [9.17, 15) is 65.8 Å². The Labute approximate surface area is 385 Å². The quantitative estimate of drug-likeness (QED) is 0.110. The molecule has 3 aliphatic heterocycles. The molecular formula is C47H74O19. The van der Waals surface area contributed by atoms with Gasteiger partial charge in [0.05, 0.1) is 24.9 Å². The number of carboxylic acid groups (broad SMARTS) is 2. The first-order valence-corrected chi connectivity index (χ1v) is 23.9. The second-order valence-corrected chi connectivity index (χ2v) is 22.9. The normalized spacial score (nSPS) is 54.7. The van der Waals surface area contributed by atoms with Gasteiger partial charge in [-0.1, -0.05) is 53.2 Å². The van der Waals surface area contributed by atoms with E-state index in [1.54, 1.807) is 0 Å². The van der Waals surface area contributed by atoms with E-state index in [0.29, 0.717) is 18.8 Å². The molecule has 19 heteroatoms. The van der Waals surface area contributed by atoms with Crippen LogP contribution in [0.3, 0.4) is 0 Å². The first kappa shape index (κ1) is 50.5. The largest absolute Gasteiger partial charge is 0.479 e. The summed E-state index contributed by atoms with van der Waals surface area (Å²) in [6.45, 7) is 14.6. The van der Waals surface area contributed by atoms with Crippen molar-refractivity contribution in [2.75, 3.05) is 6.61 Å². The number of allylic oxidation sites excluding steroid dienone is 2. The predicted molar refractivity (Wildman–Crippen MR) is 226 cm³/mol. The number of carbonyl (C=O) groups is 2. The Morgan fingerprint density at radius 1 is 0.652 bits per heavy atom. The van der Waals surface area contributed by atoms with Gasteiger partial charge in [-0.2, -0.15) is 0 Å². The second kappa shape index (κ2) is 17.7. The summed E-state index contributed by atoms with van der Waals surface area (Å²) in [5.74, 6) is -2.70. The number of aliphatic hydroxyl groups is 9. The molecule has 3 saturated heterocycles. The molecule has 8 rings (SSSR count). The monoisotopic (exact) mass is 942 g/mol. The fourth-order valence-electron chi connectivity index (χ4n) is 15.0. The highest BCUT2D eigenvalue weighted by molar-refractivity contribution is 5.74. The molecule has 66 heavy (non-hydrogen) atoms. The molecule has 11 N–H and O–H groups in total. The van der Waals surface area contributed by atoms with E-state index in [0.717, 1.165) is 44.9 Å². The summed E-state index contributed by atoms with van der Waals surface area (Å²) < 4.78 is 35.6. The van der Waals surface area contributed by atoms with Gasteiger partial charge in [0.2, 0.25) is 0 Å². The lowest BCUT2D eigenvalue weighted by atomic mass is 9.34. The van der Waals surface area contributed by atoms with Crippen LogP contribution in [0.25, 0.3) is 0 Å². The number of aliphatic hydroxyl groups excluding tert-OH is 9. The zero-order valence-corrected chi connectivity index (χ0v) is 39.0. The topological polar surface area (TPSA) is 312 Å². The van der Waals surface area contributed by atoms with Crippen LogP contribution < -0.4 is 0 Å². The van der Waals surface area contributed by atoms with E-state index in [4.69, 9.17) is 28.4 Å². The van der Waals surface area contributed by atoms with Crippen molar-refractivity contribution in [1.82, 2.24) is 0 Å². The van der Waals surface area contributed by atoms with Gasteiger partial charge in [-0.15, -0.1) is 0 Å². The van der Waals surface area contributed by atoms with Gasteiger partial charge in [0.15, 0.2) is 31.1 Å². The van der Waals surface area contributed by atoms with E-state index in [1.807, 2.05) is 6.92 Å². The van der Waals surface area contributed by atoms with Crippen molar-refractivity contribution >= 4 is 11.9 Å². The van der Waals surface area contributed by atoms with Gasteiger partial charge in [-0.25, -0.2) is 9.59 Å². The highest BCUT2D eigenvalue weighted by Gasteiger charge is 2.69. The van der Waals surface area contributed by atoms with Crippen molar-refractivity contribution < 1.29 is 94.2 Å². The molecule has 7 fully saturated rings. The zero-order valence-electron chi connectivity index (χ0n) is 39.0. The first-order valence-electron chi connectivity index (χ1n) is 23.9. The van der Waals surface area contributed by atoms with E-state index in [-0.39, 0.29) is 52.1 Å². The molecule has 3 heterocycles. The zero-order chi connectivity index (χ0) is 48.4. The third-order valence-corrected chi connectivity index (χ3v) is 18.8. The standard InChI is InChI=1S/C47H74O19/c1-19-27(50)28(51)33(56)40(61-19)65-37-32(55)30(53)35(39(59)60)64-42(37)66-36-31(54)29(52)34(38(57)58)63-41(36)62-26-12-13-44(4)24(45(26,5)18-48)11-15-47(7)25(44)9-8-22-21-16-43(2,3)17-23(49)20(21)10-14-46(22,47)6/h8,19-21,23-37,40-42,48-56H,9-18H2,1-7H3,(H,57,58)(H,59,60)/t19-,20+,21-,23+,24-,25+,26-,27-,28+,29-,30-,31-,32-,33+,34-,35-,36+,37+,40-,41+,42-,44-,45+,46+,47+/m0/s1. The Balaban J connectivity index is 1.08. The lowest BCUT2D eigenvalue weighted by Gasteiger charge is -2.71. The maximum Gasteiger partial charge on any atom is 0.335 e. The molecular weight excluding hydrogens is 868 g/mol. The van der Waals surface area contributed by atoms with Crippen LogP contribution in [0, 0.1) is 50.7 Å². The van der Waals surface area contributed by atoms with E-state index in [1.165, 1.54) is 12.5 Å². The number of aliphatic carboxylic acids is 2. The Morgan fingerprint density at radius 3 is 1.80 bits per heavy atom. The first-order chi connectivity index (χ1) is 30.7. The fraction of sp³-hybridized carbons (Fsp3) is 0.915. The Kier molecular flexibility index (Phi) is 13.6. The lowest BCUT2D eigenvalue weighted by molar-refractivity contribution is -0.393. The summed E-state index contributed by atoms with van der Waals surface area (Å²) in [6, 6.07) is 0. The molecule has 0 radical (unpaired) electrons. The summed E-state index contributed by atoms with van der Waals surface area (Å²) in [6.07, 6.45) is -20.1. The number of hydrogen-bond acceptors (Lipinski definition) is 17. The highest BCUT2D eigenvalue weighted by atomic mass is 16.8. The van der Waals surface area contributed by atoms with Crippen LogP contribution in [-0.4, -0.2) is 179 Å². The molecule has 4 saturated carbocycles. The van der Waals surface area contributed by atoms with Gasteiger partial charge >= 0.3 is 11.9 Å². The van der Waals surface area contributed by atoms with Crippen LogP contribution in [0.1, 0.15) is 106 Å². The van der Waals surface area contributed by atoms with Gasteiger partial charge in [0.1, 0.15) is 54.9 Å². The van der Waals surface area contributed by atoms with Crippen LogP contribution in [-0.2, 0) is 38.0 Å². The SMILES string of the molecule is C[C@@H]1O[C@@H](O[C@H]2[C@H](O[C@H]3[C@H](O[C@H]4CC[C@@]5(C)[C@H](CC[C@]6(C)[C@@H]5CC=C5[C@H]7CC(C)(C)C[C@@H](O)[C@@H]7CC[C@]56C)[C@@]4(C)CO)O[C@H](C(=O)O)[C@@H](O)[C@@H]3O)O[C@H](C(=O)O)[C@@H](O)[C@@H]2O)[C@H](O)[C@H](O)[C@H]1O. The summed E-state index contributed by atoms with van der Waals surface area (Å²) in [4.78, 5) is 24.7. The highest BCUT2D eigenvalue weighted by Crippen LogP contribution is 2.74. The van der Waals surface area contributed by atoms with Crippen LogP contribution in [0.4, 0.5) is 0 Å². The minimum absolute atomic E-state index is 0.0265. The molecule has 0 spiro atoms. The van der Waals surface area contributed by atoms with Crippen molar-refractivity contribution in [1.29, 1.82) is 0 Å². The number of hydrogen-bond donors (Lipinski definition) is 11. The van der Waals surface area contributed by atoms with Gasteiger partial charge in [-0.05, 0) is 110 Å². The van der Waals surface area contributed by atoms with Crippen molar-refractivity contribution in [3.8, 4) is 0 Å². The summed E-state index contributed by atoms with van der Waals surface area (Å²) >= 11 is 0. The molecule has 5 aliphatic carbocycles.